The van der Waals surface area contributed by atoms with Crippen molar-refractivity contribution < 1.29 is 60.6 Å². The molecule has 15 nitrogen and oxygen atoms in total. The largest absolute Gasteiger partial charge is 0.490 e. The van der Waals surface area contributed by atoms with Gasteiger partial charge in [0.15, 0.2) is 11.0 Å². The number of aliphatic hydroxyl groups excluding tert-OH is 1. The van der Waals surface area contributed by atoms with Crippen molar-refractivity contribution in [1.29, 1.82) is 0 Å². The number of alkyl halides is 1. The molecule has 6 N–H and O–H groups in total. The third-order valence-electron chi connectivity index (χ3n) is 3.59. The molecule has 0 aromatic carbocycles. The molecule has 0 bridgehead atoms. The first-order valence-electron chi connectivity index (χ1n) is 7.60. The summed E-state index contributed by atoms with van der Waals surface area (Å²) in [7, 11) is -16.9. The Balaban J connectivity index is 2.19. The van der Waals surface area contributed by atoms with Gasteiger partial charge in [-0.15, -0.1) is 6.42 Å². The number of aliphatic hydroxyl groups is 1. The predicted molar refractivity (Wildman–Crippen MR) is 98.3 cm³/mol. The minimum Gasteiger partial charge on any atom is -0.386 e. The zero-order valence-electron chi connectivity index (χ0n) is 14.7. The molecule has 20 heteroatoms. The molecular formula is C11H14FN2O13P3S. The maximum absolute atomic E-state index is 15.2. The van der Waals surface area contributed by atoms with Gasteiger partial charge in [-0.2, -0.15) is 8.62 Å². The summed E-state index contributed by atoms with van der Waals surface area (Å²) >= 11 is 4.87. The summed E-state index contributed by atoms with van der Waals surface area (Å²) in [6.45, 7) is -1.16. The van der Waals surface area contributed by atoms with E-state index in [2.05, 4.69) is 18.1 Å². The Hall–Kier alpha value is -1.08. The number of phosphoric ester groups is 1. The second-order valence-electron chi connectivity index (χ2n) is 5.79. The summed E-state index contributed by atoms with van der Waals surface area (Å²) in [5, 5.41) is 10.2. The molecule has 0 radical (unpaired) electrons. The molecule has 174 valence electrons. The fourth-order valence-electron chi connectivity index (χ4n) is 2.39. The van der Waals surface area contributed by atoms with Crippen LogP contribution in [0.15, 0.2) is 17.1 Å². The fourth-order valence-corrected chi connectivity index (χ4v) is 5.68. The van der Waals surface area contributed by atoms with Crippen LogP contribution in [0.3, 0.4) is 0 Å². The summed E-state index contributed by atoms with van der Waals surface area (Å²) < 4.78 is 65.9. The number of aromatic nitrogens is 2. The Morgan fingerprint density at radius 2 is 1.90 bits per heavy atom. The highest BCUT2D eigenvalue weighted by molar-refractivity contribution is 7.71. The third kappa shape index (κ3) is 6.47. The number of hydrogen-bond donors (Lipinski definition) is 6. The molecular weight excluding hydrogens is 512 g/mol. The first kappa shape index (κ1) is 26.2. The molecule has 1 aliphatic rings. The van der Waals surface area contributed by atoms with Crippen LogP contribution < -0.4 is 5.56 Å². The van der Waals surface area contributed by atoms with Gasteiger partial charge in [-0.1, -0.05) is 5.92 Å². The van der Waals surface area contributed by atoms with Crippen LogP contribution in [0.25, 0.3) is 0 Å². The maximum atomic E-state index is 15.2. The van der Waals surface area contributed by atoms with E-state index in [9.17, 15) is 28.5 Å². The van der Waals surface area contributed by atoms with Crippen molar-refractivity contribution in [3.05, 3.63) is 27.4 Å². The number of hydrogen-bond acceptors (Lipinski definition) is 10. The number of terminal acetylenes is 1. The lowest BCUT2D eigenvalue weighted by atomic mass is 9.97. The van der Waals surface area contributed by atoms with Gasteiger partial charge < -0.3 is 29.4 Å². The Bertz CT molecular complexity index is 1140. The number of halogens is 1. The van der Waals surface area contributed by atoms with E-state index in [4.69, 9.17) is 38.1 Å². The SMILES string of the molecule is C#CC1(F)C(O)C(COP(=O)(O)OP(=O)(O)OP(=O)(O)O)OC1n1ccc(=O)[nH]c1=S. The van der Waals surface area contributed by atoms with Gasteiger partial charge in [-0.3, -0.25) is 18.9 Å². The zero-order valence-corrected chi connectivity index (χ0v) is 18.2. The number of H-pyrrole nitrogens is 1. The van der Waals surface area contributed by atoms with Crippen molar-refractivity contribution in [1.82, 2.24) is 9.55 Å². The van der Waals surface area contributed by atoms with Gasteiger partial charge in [0.05, 0.1) is 6.61 Å². The van der Waals surface area contributed by atoms with Crippen molar-refractivity contribution in [3.8, 4) is 12.3 Å². The minimum absolute atomic E-state index is 0.337. The molecule has 0 amide bonds. The van der Waals surface area contributed by atoms with E-state index in [1.807, 2.05) is 0 Å². The number of nitrogens with one attached hydrogen (secondary N) is 1. The minimum atomic E-state index is -5.78. The van der Waals surface area contributed by atoms with E-state index in [-0.39, 0.29) is 4.77 Å². The van der Waals surface area contributed by atoms with Crippen molar-refractivity contribution >= 4 is 35.7 Å². The topological polar surface area (TPSA) is 227 Å². The highest BCUT2D eigenvalue weighted by atomic mass is 32.1. The normalized spacial score (nSPS) is 30.3. The molecule has 1 saturated heterocycles. The average molecular weight is 526 g/mol. The maximum Gasteiger partial charge on any atom is 0.490 e. The van der Waals surface area contributed by atoms with E-state index in [1.165, 1.54) is 0 Å². The van der Waals surface area contributed by atoms with E-state index < -0.39 is 59.7 Å². The Kier molecular flexibility index (Phi) is 7.64. The van der Waals surface area contributed by atoms with Crippen LogP contribution >= 0.6 is 35.7 Å². The molecule has 0 aliphatic carbocycles. The van der Waals surface area contributed by atoms with Gasteiger partial charge in [-0.05, 0) is 12.2 Å². The molecule has 6 unspecified atom stereocenters. The molecule has 6 atom stereocenters. The molecule has 1 aliphatic heterocycles. The lowest BCUT2D eigenvalue weighted by Gasteiger charge is -2.24. The van der Waals surface area contributed by atoms with E-state index in [1.54, 1.807) is 5.92 Å². The summed E-state index contributed by atoms with van der Waals surface area (Å²) in [4.78, 5) is 48.9. The molecule has 1 aromatic heterocycles. The first-order chi connectivity index (χ1) is 14.0. The number of rotatable bonds is 8. The van der Waals surface area contributed by atoms with Gasteiger partial charge in [0, 0.05) is 12.3 Å². The summed E-state index contributed by atoms with van der Waals surface area (Å²) in [6, 6.07) is 0.946. The van der Waals surface area contributed by atoms with Crippen LogP contribution in [-0.2, 0) is 31.6 Å². The van der Waals surface area contributed by atoms with Crippen LogP contribution in [0.1, 0.15) is 6.23 Å². The van der Waals surface area contributed by atoms with Gasteiger partial charge in [0.2, 0.25) is 5.67 Å². The molecule has 2 heterocycles. The lowest BCUT2D eigenvalue weighted by Crippen LogP contribution is -2.42. The molecule has 1 aromatic rings. The number of ether oxygens (including phenoxy) is 1. The van der Waals surface area contributed by atoms with Crippen LogP contribution in [-0.4, -0.2) is 58.7 Å². The van der Waals surface area contributed by atoms with E-state index in [0.717, 1.165) is 16.8 Å². The third-order valence-corrected chi connectivity index (χ3v) is 7.70. The van der Waals surface area contributed by atoms with E-state index >= 15 is 4.39 Å². The average Bonchev–Trinajstić information content (AvgIpc) is 2.82. The highest BCUT2D eigenvalue weighted by Gasteiger charge is 2.58. The first-order valence-corrected chi connectivity index (χ1v) is 12.5. The van der Waals surface area contributed by atoms with Gasteiger partial charge >= 0.3 is 23.5 Å². The van der Waals surface area contributed by atoms with Gasteiger partial charge in [0.1, 0.15) is 12.2 Å². The molecule has 1 fully saturated rings. The van der Waals surface area contributed by atoms with Crippen molar-refractivity contribution in [2.24, 2.45) is 0 Å². The van der Waals surface area contributed by atoms with Crippen LogP contribution in [0, 0.1) is 17.1 Å². The number of phosphoric acid groups is 3. The summed E-state index contributed by atoms with van der Waals surface area (Å²) in [5.74, 6) is 1.66. The van der Waals surface area contributed by atoms with Crippen molar-refractivity contribution in [2.75, 3.05) is 6.61 Å². The highest BCUT2D eigenvalue weighted by Crippen LogP contribution is 2.66. The Morgan fingerprint density at radius 1 is 1.29 bits per heavy atom. The van der Waals surface area contributed by atoms with Crippen molar-refractivity contribution in [3.63, 3.8) is 0 Å². The second kappa shape index (κ2) is 9.05. The fraction of sp³-hybridized carbons (Fsp3) is 0.455. The second-order valence-corrected chi connectivity index (χ2v) is 10.6. The zero-order chi connectivity index (χ0) is 23.8. The van der Waals surface area contributed by atoms with Gasteiger partial charge in [-0.25, -0.2) is 18.1 Å². The Morgan fingerprint density at radius 3 is 2.42 bits per heavy atom. The van der Waals surface area contributed by atoms with Crippen molar-refractivity contribution in [2.45, 2.75) is 24.1 Å². The van der Waals surface area contributed by atoms with E-state index in [0.29, 0.717) is 0 Å². The van der Waals surface area contributed by atoms with Crippen LogP contribution in [0.2, 0.25) is 0 Å². The van der Waals surface area contributed by atoms with Crippen LogP contribution in [0.4, 0.5) is 4.39 Å². The van der Waals surface area contributed by atoms with Gasteiger partial charge in [0.25, 0.3) is 5.56 Å². The summed E-state index contributed by atoms with van der Waals surface area (Å²) in [6.07, 6.45) is 0.355. The molecule has 0 spiro atoms. The predicted octanol–water partition coefficient (Wildman–Crippen LogP) is -0.151. The standard InChI is InChI=1S/C11H14FN2O13P3S/c1-2-11(12)8(16)6(25-9(11)14-4-3-7(15)13-10(14)31)5-24-29(20,21)27-30(22,23)26-28(17,18)19/h1,3-4,6,8-9,16H,5H2,(H,20,21)(H,22,23)(H,13,15,31)(H2,17,18,19). The molecule has 2 rings (SSSR count). The number of aromatic amines is 1. The lowest BCUT2D eigenvalue weighted by molar-refractivity contribution is -0.0526. The molecule has 0 saturated carbocycles. The smallest absolute Gasteiger partial charge is 0.386 e. The summed E-state index contributed by atoms with van der Waals surface area (Å²) in [5.41, 5.74) is -3.60. The Labute approximate surface area is 176 Å². The quantitative estimate of drug-likeness (QED) is 0.147. The molecule has 31 heavy (non-hydrogen) atoms. The number of nitrogens with zero attached hydrogens (tertiary/aromatic N) is 1. The van der Waals surface area contributed by atoms with Crippen LogP contribution in [0.5, 0.6) is 0 Å². The monoisotopic (exact) mass is 526 g/mol.